The highest BCUT2D eigenvalue weighted by Crippen LogP contribution is 2.24. The van der Waals surface area contributed by atoms with E-state index in [1.54, 1.807) is 18.4 Å². The highest BCUT2D eigenvalue weighted by molar-refractivity contribution is 6.31. The summed E-state index contributed by atoms with van der Waals surface area (Å²) < 4.78 is 6.77. The van der Waals surface area contributed by atoms with Gasteiger partial charge < -0.3 is 15.5 Å². The van der Waals surface area contributed by atoms with Gasteiger partial charge in [0.2, 0.25) is 17.7 Å². The second kappa shape index (κ2) is 8.52. The van der Waals surface area contributed by atoms with E-state index in [4.69, 9.17) is 21.8 Å². The van der Waals surface area contributed by atoms with Gasteiger partial charge in [-0.2, -0.15) is 19.5 Å². The lowest BCUT2D eigenvalue weighted by atomic mass is 10.0. The standard InChI is InChI=1S/C21H23ClN8O/c22-16-8-2-1-6-14(16)13-29-10-4-3-7-15(29)12-24-20-26-19(23)30-21(27-20)25-18(28-30)17-9-5-11-31-17/h1-2,5-6,8-9,11,15H,3-4,7,10,12-13H2,(H3,23,24,25,26,27,28). The number of furan rings is 1. The second-order valence-corrected chi connectivity index (χ2v) is 8.03. The number of aromatic nitrogens is 5. The normalized spacial score (nSPS) is 17.3. The number of nitrogens with zero attached hydrogens (tertiary/aromatic N) is 6. The Hall–Kier alpha value is -3.17. The number of hydrogen-bond donors (Lipinski definition) is 2. The van der Waals surface area contributed by atoms with Crippen LogP contribution in [0.25, 0.3) is 17.4 Å². The van der Waals surface area contributed by atoms with Gasteiger partial charge in [-0.15, -0.1) is 5.10 Å². The minimum Gasteiger partial charge on any atom is -0.461 e. The number of fused-ring (bicyclic) bond motifs is 1. The molecule has 5 rings (SSSR count). The molecule has 1 aromatic carbocycles. The molecule has 1 fully saturated rings. The van der Waals surface area contributed by atoms with E-state index in [1.165, 1.54) is 17.4 Å². The van der Waals surface area contributed by atoms with Crippen LogP contribution in [0.5, 0.6) is 0 Å². The van der Waals surface area contributed by atoms with Crippen molar-refractivity contribution in [2.75, 3.05) is 24.1 Å². The predicted molar refractivity (Wildman–Crippen MR) is 119 cm³/mol. The van der Waals surface area contributed by atoms with Gasteiger partial charge in [-0.05, 0) is 43.1 Å². The lowest BCUT2D eigenvalue weighted by Gasteiger charge is -2.36. The molecule has 0 radical (unpaired) electrons. The van der Waals surface area contributed by atoms with Gasteiger partial charge in [-0.1, -0.05) is 36.2 Å². The number of nitrogen functional groups attached to an aromatic ring is 1. The maximum absolute atomic E-state index is 6.38. The van der Waals surface area contributed by atoms with Crippen LogP contribution in [0.4, 0.5) is 11.9 Å². The third kappa shape index (κ3) is 4.19. The first-order chi connectivity index (χ1) is 15.2. The number of nitrogens with one attached hydrogen (secondary N) is 1. The quantitative estimate of drug-likeness (QED) is 0.470. The van der Waals surface area contributed by atoms with Crippen molar-refractivity contribution in [3.05, 3.63) is 53.2 Å². The number of anilines is 2. The molecule has 0 saturated carbocycles. The summed E-state index contributed by atoms with van der Waals surface area (Å²) >= 11 is 6.38. The fourth-order valence-corrected chi connectivity index (χ4v) is 4.14. The molecule has 9 nitrogen and oxygen atoms in total. The van der Waals surface area contributed by atoms with Gasteiger partial charge in [0.25, 0.3) is 5.78 Å². The van der Waals surface area contributed by atoms with E-state index in [0.717, 1.165) is 30.1 Å². The van der Waals surface area contributed by atoms with E-state index in [-0.39, 0.29) is 5.95 Å². The van der Waals surface area contributed by atoms with Gasteiger partial charge in [0.15, 0.2) is 5.76 Å². The molecule has 1 unspecified atom stereocenters. The first-order valence-electron chi connectivity index (χ1n) is 10.3. The number of benzene rings is 1. The Bertz CT molecular complexity index is 1180. The number of piperidine rings is 1. The zero-order chi connectivity index (χ0) is 21.2. The monoisotopic (exact) mass is 438 g/mol. The Labute approximate surface area is 184 Å². The molecule has 0 amide bonds. The second-order valence-electron chi connectivity index (χ2n) is 7.62. The number of nitrogens with two attached hydrogens (primary N) is 1. The Morgan fingerprint density at radius 2 is 2.03 bits per heavy atom. The van der Waals surface area contributed by atoms with Crippen molar-refractivity contribution < 1.29 is 4.42 Å². The van der Waals surface area contributed by atoms with E-state index >= 15 is 0 Å². The fraction of sp³-hybridized carbons (Fsp3) is 0.333. The molecule has 3 aromatic heterocycles. The van der Waals surface area contributed by atoms with Gasteiger partial charge in [-0.3, -0.25) is 4.90 Å². The summed E-state index contributed by atoms with van der Waals surface area (Å²) in [6, 6.07) is 11.9. The topological polar surface area (TPSA) is 110 Å². The van der Waals surface area contributed by atoms with E-state index in [9.17, 15) is 0 Å². The summed E-state index contributed by atoms with van der Waals surface area (Å²) in [6.45, 7) is 2.57. The van der Waals surface area contributed by atoms with Crippen LogP contribution in [0.2, 0.25) is 5.02 Å². The Kier molecular flexibility index (Phi) is 5.44. The van der Waals surface area contributed by atoms with E-state index < -0.39 is 0 Å². The van der Waals surface area contributed by atoms with Crippen molar-refractivity contribution in [1.29, 1.82) is 0 Å². The van der Waals surface area contributed by atoms with Gasteiger partial charge in [0, 0.05) is 24.2 Å². The van der Waals surface area contributed by atoms with Crippen LogP contribution >= 0.6 is 11.6 Å². The molecule has 1 aliphatic heterocycles. The highest BCUT2D eigenvalue weighted by Gasteiger charge is 2.23. The summed E-state index contributed by atoms with van der Waals surface area (Å²) in [6.07, 6.45) is 5.06. The van der Waals surface area contributed by atoms with Crippen LogP contribution < -0.4 is 11.1 Å². The average molecular weight is 439 g/mol. The molecule has 1 aliphatic rings. The molecule has 1 saturated heterocycles. The Morgan fingerprint density at radius 3 is 2.87 bits per heavy atom. The maximum Gasteiger partial charge on any atom is 0.259 e. The van der Waals surface area contributed by atoms with E-state index in [0.29, 0.717) is 35.9 Å². The molecule has 4 heterocycles. The van der Waals surface area contributed by atoms with Crippen LogP contribution in [0.15, 0.2) is 47.1 Å². The molecule has 1 atom stereocenters. The molecule has 31 heavy (non-hydrogen) atoms. The minimum absolute atomic E-state index is 0.217. The van der Waals surface area contributed by atoms with E-state index in [1.807, 2.05) is 18.2 Å². The number of rotatable bonds is 6. The van der Waals surface area contributed by atoms with Crippen LogP contribution in [-0.2, 0) is 6.54 Å². The molecule has 160 valence electrons. The average Bonchev–Trinajstić information content (AvgIpc) is 3.45. The van der Waals surface area contributed by atoms with Gasteiger partial charge in [-0.25, -0.2) is 0 Å². The van der Waals surface area contributed by atoms with Gasteiger partial charge >= 0.3 is 0 Å². The minimum atomic E-state index is 0.217. The SMILES string of the molecule is Nc1nc(NCC2CCCCN2Cc2ccccc2Cl)nc2nc(-c3ccco3)nn12. The molecular weight excluding hydrogens is 416 g/mol. The third-order valence-electron chi connectivity index (χ3n) is 5.55. The maximum atomic E-state index is 6.38. The van der Waals surface area contributed by atoms with Crippen LogP contribution in [-0.4, -0.2) is 48.6 Å². The largest absolute Gasteiger partial charge is 0.461 e. The summed E-state index contributed by atoms with van der Waals surface area (Å²) in [5.74, 6) is 2.00. The molecule has 3 N–H and O–H groups in total. The Morgan fingerprint density at radius 1 is 1.13 bits per heavy atom. The number of likely N-dealkylation sites (tertiary alicyclic amines) is 1. The lowest BCUT2D eigenvalue weighted by molar-refractivity contribution is 0.148. The summed E-state index contributed by atoms with van der Waals surface area (Å²) in [5, 5.41) is 8.47. The van der Waals surface area contributed by atoms with Crippen molar-refractivity contribution in [2.24, 2.45) is 0 Å². The number of halogens is 1. The van der Waals surface area contributed by atoms with Crippen LogP contribution in [0, 0.1) is 0 Å². The zero-order valence-corrected chi connectivity index (χ0v) is 17.7. The van der Waals surface area contributed by atoms with E-state index in [2.05, 4.69) is 36.3 Å². The highest BCUT2D eigenvalue weighted by atomic mass is 35.5. The van der Waals surface area contributed by atoms with Crippen LogP contribution in [0.3, 0.4) is 0 Å². The Balaban J connectivity index is 1.31. The van der Waals surface area contributed by atoms with Crippen molar-refractivity contribution in [2.45, 2.75) is 31.8 Å². The third-order valence-corrected chi connectivity index (χ3v) is 5.92. The molecule has 0 bridgehead atoms. The zero-order valence-electron chi connectivity index (χ0n) is 16.9. The summed E-state index contributed by atoms with van der Waals surface area (Å²) in [5.41, 5.74) is 7.24. The predicted octanol–water partition coefficient (Wildman–Crippen LogP) is 3.48. The molecule has 4 aromatic rings. The van der Waals surface area contributed by atoms with Crippen molar-refractivity contribution in [3.63, 3.8) is 0 Å². The lowest BCUT2D eigenvalue weighted by Crippen LogP contribution is -2.43. The van der Waals surface area contributed by atoms with Crippen LogP contribution in [0.1, 0.15) is 24.8 Å². The van der Waals surface area contributed by atoms with Gasteiger partial charge in [0.05, 0.1) is 6.26 Å². The van der Waals surface area contributed by atoms with Gasteiger partial charge in [0.1, 0.15) is 0 Å². The smallest absolute Gasteiger partial charge is 0.259 e. The summed E-state index contributed by atoms with van der Waals surface area (Å²) in [7, 11) is 0. The fourth-order valence-electron chi connectivity index (χ4n) is 3.95. The molecule has 0 spiro atoms. The molecule has 0 aliphatic carbocycles. The molecule has 10 heteroatoms. The van der Waals surface area contributed by atoms with Crippen molar-refractivity contribution >= 4 is 29.3 Å². The molecular formula is C21H23ClN8O. The first-order valence-corrected chi connectivity index (χ1v) is 10.7. The van der Waals surface area contributed by atoms with Crippen molar-refractivity contribution in [3.8, 4) is 11.6 Å². The van der Waals surface area contributed by atoms with Crippen molar-refractivity contribution in [1.82, 2.24) is 29.5 Å². The summed E-state index contributed by atoms with van der Waals surface area (Å²) in [4.78, 5) is 15.7. The number of hydrogen-bond acceptors (Lipinski definition) is 8. The first kappa shape index (κ1) is 19.8.